The smallest absolute Gasteiger partial charge is 0.301 e. The molecule has 3 aromatic rings. The highest BCUT2D eigenvalue weighted by Gasteiger charge is 2.51. The van der Waals surface area contributed by atoms with Crippen LogP contribution in [0.25, 0.3) is 10.9 Å². The van der Waals surface area contributed by atoms with E-state index in [1.165, 1.54) is 15.7 Å². The highest BCUT2D eigenvalue weighted by molar-refractivity contribution is 6.33. The Morgan fingerprint density at radius 2 is 1.97 bits per heavy atom. The number of fused-ring (bicyclic) bond motifs is 3. The van der Waals surface area contributed by atoms with Crippen LogP contribution in [0.5, 0.6) is 5.75 Å². The first kappa shape index (κ1) is 23.1. The van der Waals surface area contributed by atoms with Gasteiger partial charge in [-0.1, -0.05) is 11.6 Å². The fourth-order valence-electron chi connectivity index (χ4n) is 4.67. The quantitative estimate of drug-likeness (QED) is 0.489. The molecule has 190 valence electrons. The molecule has 1 aliphatic carbocycles. The van der Waals surface area contributed by atoms with E-state index in [9.17, 15) is 22.4 Å². The first-order valence-electron chi connectivity index (χ1n) is 11.4. The van der Waals surface area contributed by atoms with E-state index in [2.05, 4.69) is 20.6 Å². The summed E-state index contributed by atoms with van der Waals surface area (Å²) in [4.78, 5) is 22.6. The number of benzene rings is 1. The van der Waals surface area contributed by atoms with Crippen molar-refractivity contribution in [2.75, 3.05) is 35.2 Å². The van der Waals surface area contributed by atoms with Crippen molar-refractivity contribution in [1.82, 2.24) is 14.5 Å². The number of halogens is 5. The van der Waals surface area contributed by atoms with Gasteiger partial charge in [-0.15, -0.1) is 0 Å². The first-order chi connectivity index (χ1) is 17.0. The van der Waals surface area contributed by atoms with Gasteiger partial charge in [0.1, 0.15) is 5.02 Å². The summed E-state index contributed by atoms with van der Waals surface area (Å²) in [5.74, 6) is -6.00. The summed E-state index contributed by atoms with van der Waals surface area (Å²) in [7, 11) is 1.54. The number of aromatic nitrogens is 3. The van der Waals surface area contributed by atoms with Gasteiger partial charge in [-0.05, 0) is 37.0 Å². The Bertz CT molecular complexity index is 1440. The van der Waals surface area contributed by atoms with Crippen LogP contribution in [0.15, 0.2) is 29.2 Å². The summed E-state index contributed by atoms with van der Waals surface area (Å²) < 4.78 is 62.9. The van der Waals surface area contributed by atoms with Crippen LogP contribution in [0.3, 0.4) is 0 Å². The molecule has 3 aliphatic rings. The minimum atomic E-state index is -3.15. The third kappa shape index (κ3) is 3.87. The number of pyridine rings is 1. The second-order valence-electron chi connectivity index (χ2n) is 9.51. The Kier molecular flexibility index (Phi) is 5.05. The van der Waals surface area contributed by atoms with E-state index < -0.39 is 43.1 Å². The highest BCUT2D eigenvalue weighted by atomic mass is 35.5. The zero-order valence-electron chi connectivity index (χ0n) is 19.0. The van der Waals surface area contributed by atoms with Gasteiger partial charge in [0.05, 0.1) is 36.5 Å². The fraction of sp³-hybridized carbons (Fsp3) is 0.435. The molecule has 0 amide bonds. The molecule has 36 heavy (non-hydrogen) atoms. The molecule has 1 saturated carbocycles. The Morgan fingerprint density at radius 3 is 2.67 bits per heavy atom. The standard InChI is InChI=1S/C23H21ClF4N6O2/c1-33-15-5-4-12(30-19-14(24)7-29-21(32-19)34-8-22(25,26)9-34)6-13(15)16-17(20(33)35)36-10-23(27,28)18(31-16)11-2-3-11/h4-7,11,18,31H,2-3,8-10H2,1H3,(H,29,30,32). The second kappa shape index (κ2) is 7.86. The zero-order valence-corrected chi connectivity index (χ0v) is 19.8. The topological polar surface area (TPSA) is 84.3 Å². The lowest BCUT2D eigenvalue weighted by molar-refractivity contribution is -0.0579. The van der Waals surface area contributed by atoms with Gasteiger partial charge in [0.25, 0.3) is 11.5 Å². The Labute approximate surface area is 207 Å². The third-order valence-electron chi connectivity index (χ3n) is 6.73. The minimum absolute atomic E-state index is 0.106. The molecule has 6 rings (SSSR count). The normalized spacial score (nSPS) is 22.2. The van der Waals surface area contributed by atoms with E-state index in [1.54, 1.807) is 25.2 Å². The fourth-order valence-corrected chi connectivity index (χ4v) is 4.81. The van der Waals surface area contributed by atoms with Crippen molar-refractivity contribution in [3.05, 3.63) is 39.8 Å². The van der Waals surface area contributed by atoms with Gasteiger partial charge < -0.3 is 24.8 Å². The number of nitrogens with zero attached hydrogens (tertiary/aromatic N) is 4. The van der Waals surface area contributed by atoms with Crippen LogP contribution >= 0.6 is 11.6 Å². The Hall–Kier alpha value is -3.28. The molecule has 0 bridgehead atoms. The van der Waals surface area contributed by atoms with Crippen molar-refractivity contribution in [2.45, 2.75) is 30.7 Å². The zero-order chi connectivity index (χ0) is 25.4. The first-order valence-corrected chi connectivity index (χ1v) is 11.8. The third-order valence-corrected chi connectivity index (χ3v) is 7.01. The summed E-state index contributed by atoms with van der Waals surface area (Å²) in [5, 5.41) is 6.63. The maximum absolute atomic E-state index is 14.8. The van der Waals surface area contributed by atoms with Gasteiger partial charge in [-0.2, -0.15) is 4.98 Å². The number of alkyl halides is 4. The molecule has 0 spiro atoms. The molecule has 4 heterocycles. The number of aryl methyl sites for hydroxylation is 1. The predicted octanol–water partition coefficient (Wildman–Crippen LogP) is 4.40. The number of nitrogens with one attached hydrogen (secondary N) is 2. The molecule has 1 unspecified atom stereocenters. The number of anilines is 4. The van der Waals surface area contributed by atoms with Crippen LogP contribution in [-0.2, 0) is 7.05 Å². The number of hydrogen-bond donors (Lipinski definition) is 2. The van der Waals surface area contributed by atoms with Gasteiger partial charge in [0.15, 0.2) is 12.4 Å². The lowest BCUT2D eigenvalue weighted by Crippen LogP contribution is -2.57. The minimum Gasteiger partial charge on any atom is -0.480 e. The van der Waals surface area contributed by atoms with Gasteiger partial charge in [0.2, 0.25) is 11.7 Å². The number of hydrogen-bond acceptors (Lipinski definition) is 7. The molecule has 0 radical (unpaired) electrons. The van der Waals surface area contributed by atoms with E-state index in [-0.39, 0.29) is 34.1 Å². The van der Waals surface area contributed by atoms with E-state index in [0.29, 0.717) is 29.4 Å². The van der Waals surface area contributed by atoms with Gasteiger partial charge in [-0.25, -0.2) is 22.5 Å². The molecule has 8 nitrogen and oxygen atoms in total. The van der Waals surface area contributed by atoms with Crippen LogP contribution in [-0.4, -0.2) is 52.1 Å². The molecule has 2 fully saturated rings. The van der Waals surface area contributed by atoms with Crippen molar-refractivity contribution < 1.29 is 22.3 Å². The molecule has 2 aromatic heterocycles. The van der Waals surface area contributed by atoms with Crippen molar-refractivity contribution in [3.63, 3.8) is 0 Å². The highest BCUT2D eigenvalue weighted by Crippen LogP contribution is 2.45. The molecule has 1 atom stereocenters. The number of ether oxygens (including phenoxy) is 1. The number of rotatable bonds is 4. The average molecular weight is 525 g/mol. The molecule has 1 aromatic carbocycles. The lowest BCUT2D eigenvalue weighted by atomic mass is 10.0. The average Bonchev–Trinajstić information content (AvgIpc) is 3.65. The summed E-state index contributed by atoms with van der Waals surface area (Å²) in [6, 6.07) is 3.86. The maximum atomic E-state index is 14.8. The molecule has 2 aliphatic heterocycles. The van der Waals surface area contributed by atoms with Crippen LogP contribution in [0, 0.1) is 5.92 Å². The van der Waals surface area contributed by atoms with Crippen molar-refractivity contribution in [1.29, 1.82) is 0 Å². The monoisotopic (exact) mass is 524 g/mol. The molecule has 13 heteroatoms. The Morgan fingerprint density at radius 1 is 1.22 bits per heavy atom. The predicted molar refractivity (Wildman–Crippen MR) is 127 cm³/mol. The van der Waals surface area contributed by atoms with E-state index in [4.69, 9.17) is 16.3 Å². The summed E-state index contributed by atoms with van der Waals surface area (Å²) >= 11 is 6.25. The van der Waals surface area contributed by atoms with Crippen molar-refractivity contribution in [2.24, 2.45) is 13.0 Å². The summed E-state index contributed by atoms with van der Waals surface area (Å²) in [5.41, 5.74) is 0.693. The van der Waals surface area contributed by atoms with E-state index in [0.717, 1.165) is 0 Å². The van der Waals surface area contributed by atoms with Gasteiger partial charge >= 0.3 is 5.92 Å². The van der Waals surface area contributed by atoms with E-state index >= 15 is 0 Å². The summed E-state index contributed by atoms with van der Waals surface area (Å²) in [6.07, 6.45) is 2.67. The maximum Gasteiger partial charge on any atom is 0.301 e. The van der Waals surface area contributed by atoms with Crippen LogP contribution in [0.2, 0.25) is 5.02 Å². The van der Waals surface area contributed by atoms with Crippen LogP contribution in [0.1, 0.15) is 12.8 Å². The van der Waals surface area contributed by atoms with Crippen LogP contribution < -0.4 is 25.8 Å². The lowest BCUT2D eigenvalue weighted by Gasteiger charge is -2.38. The van der Waals surface area contributed by atoms with Crippen molar-refractivity contribution >= 4 is 45.6 Å². The Balaban J connectivity index is 1.40. The largest absolute Gasteiger partial charge is 0.480 e. The van der Waals surface area contributed by atoms with E-state index in [1.807, 2.05) is 0 Å². The van der Waals surface area contributed by atoms with Gasteiger partial charge in [0, 0.05) is 18.1 Å². The molecule has 2 N–H and O–H groups in total. The second-order valence-corrected chi connectivity index (χ2v) is 9.92. The molecular formula is C23H21ClF4N6O2. The molecule has 1 saturated heterocycles. The van der Waals surface area contributed by atoms with Gasteiger partial charge in [-0.3, -0.25) is 4.79 Å². The molecular weight excluding hydrogens is 504 g/mol. The summed E-state index contributed by atoms with van der Waals surface area (Å²) in [6.45, 7) is -1.85. The SMILES string of the molecule is Cn1c(=O)c2c(c3cc(Nc4nc(N5CC(F)(F)C5)ncc4Cl)ccc31)NC(C1CC1)C(F)(F)CO2. The van der Waals surface area contributed by atoms with Crippen molar-refractivity contribution in [3.8, 4) is 5.75 Å². The van der Waals surface area contributed by atoms with Crippen LogP contribution in [0.4, 0.5) is 40.7 Å².